The van der Waals surface area contributed by atoms with Gasteiger partial charge in [0.2, 0.25) is 0 Å². The van der Waals surface area contributed by atoms with Gasteiger partial charge in [0, 0.05) is 5.56 Å². The summed E-state index contributed by atoms with van der Waals surface area (Å²) in [4.78, 5) is 20.9. The summed E-state index contributed by atoms with van der Waals surface area (Å²) >= 11 is 11.2. The van der Waals surface area contributed by atoms with E-state index in [1.54, 1.807) is 0 Å². The van der Waals surface area contributed by atoms with Crippen molar-refractivity contribution in [2.75, 3.05) is 0 Å². The number of benzene rings is 1. The molecule has 0 heterocycles. The first-order valence-electron chi connectivity index (χ1n) is 3.24. The summed E-state index contributed by atoms with van der Waals surface area (Å²) in [5, 5.41) is 8.48. The highest BCUT2D eigenvalue weighted by atomic mass is 35.5. The number of carbonyl (C=O) groups is 2. The van der Waals surface area contributed by atoms with Crippen molar-refractivity contribution in [3.63, 3.8) is 0 Å². The molecule has 0 aliphatic rings. The average molecular weight is 219 g/mol. The predicted molar refractivity (Wildman–Crippen MR) is 48.8 cm³/mol. The molecule has 1 N–H and O–H groups in total. The maximum Gasteiger partial charge on any atom is 0.337 e. The van der Waals surface area contributed by atoms with E-state index in [-0.39, 0.29) is 21.2 Å². The number of halogens is 2. The van der Waals surface area contributed by atoms with Crippen molar-refractivity contribution >= 4 is 35.5 Å². The van der Waals surface area contributed by atoms with Gasteiger partial charge in [-0.05, 0) is 12.1 Å². The number of rotatable bonds is 2. The molecule has 0 fully saturated rings. The van der Waals surface area contributed by atoms with Crippen LogP contribution in [0.2, 0.25) is 10.0 Å². The number of carbonyl (C=O) groups excluding carboxylic acids is 1. The molecule has 5 heteroatoms. The van der Waals surface area contributed by atoms with Gasteiger partial charge in [0.15, 0.2) is 6.29 Å². The van der Waals surface area contributed by atoms with E-state index in [2.05, 4.69) is 0 Å². The van der Waals surface area contributed by atoms with Crippen LogP contribution >= 0.6 is 23.2 Å². The summed E-state index contributed by atoms with van der Waals surface area (Å²) in [7, 11) is 0. The van der Waals surface area contributed by atoms with Crippen LogP contribution in [-0.4, -0.2) is 17.4 Å². The van der Waals surface area contributed by atoms with Gasteiger partial charge in [-0.15, -0.1) is 0 Å². The zero-order valence-corrected chi connectivity index (χ0v) is 7.76. The van der Waals surface area contributed by atoms with Gasteiger partial charge in [0.05, 0.1) is 15.6 Å². The Morgan fingerprint density at radius 1 is 1.31 bits per heavy atom. The molecule has 0 radical (unpaired) electrons. The van der Waals surface area contributed by atoms with E-state index in [9.17, 15) is 9.59 Å². The predicted octanol–water partition coefficient (Wildman–Crippen LogP) is 2.50. The minimum atomic E-state index is -1.18. The average Bonchev–Trinajstić information content (AvgIpc) is 2.09. The van der Waals surface area contributed by atoms with Gasteiger partial charge in [0.25, 0.3) is 0 Å². The van der Waals surface area contributed by atoms with Crippen LogP contribution in [0, 0.1) is 0 Å². The first kappa shape index (κ1) is 10.0. The Balaban J connectivity index is 3.39. The van der Waals surface area contributed by atoms with Crippen LogP contribution in [0.1, 0.15) is 20.7 Å². The fraction of sp³-hybridized carbons (Fsp3) is 0. The number of carboxylic acid groups (broad SMARTS) is 1. The van der Waals surface area contributed by atoms with Crippen molar-refractivity contribution in [1.82, 2.24) is 0 Å². The number of aromatic carboxylic acids is 1. The zero-order valence-electron chi connectivity index (χ0n) is 6.25. The molecule has 0 saturated carbocycles. The van der Waals surface area contributed by atoms with Crippen molar-refractivity contribution in [3.8, 4) is 0 Å². The zero-order chi connectivity index (χ0) is 10.0. The highest BCUT2D eigenvalue weighted by Gasteiger charge is 2.13. The molecule has 68 valence electrons. The third-order valence-corrected chi connectivity index (χ3v) is 2.37. The standard InChI is InChI=1S/C8H4Cl2O3/c9-6-4(3-11)1-2-5(7(6)10)8(12)13/h1-3H,(H,12,13). The van der Waals surface area contributed by atoms with E-state index in [1.807, 2.05) is 0 Å². The molecule has 0 saturated heterocycles. The Labute approximate surface area is 83.9 Å². The molecule has 0 bridgehead atoms. The highest BCUT2D eigenvalue weighted by Crippen LogP contribution is 2.28. The van der Waals surface area contributed by atoms with Gasteiger partial charge in [0.1, 0.15) is 0 Å². The minimum Gasteiger partial charge on any atom is -0.478 e. The van der Waals surface area contributed by atoms with Crippen molar-refractivity contribution in [1.29, 1.82) is 0 Å². The fourth-order valence-electron chi connectivity index (χ4n) is 0.821. The second-order valence-corrected chi connectivity index (χ2v) is 3.01. The van der Waals surface area contributed by atoms with Crippen molar-refractivity contribution in [3.05, 3.63) is 33.3 Å². The number of aldehydes is 1. The lowest BCUT2D eigenvalue weighted by molar-refractivity contribution is 0.0696. The molecule has 1 aromatic carbocycles. The molecule has 0 aromatic heterocycles. The highest BCUT2D eigenvalue weighted by molar-refractivity contribution is 6.45. The summed E-state index contributed by atoms with van der Waals surface area (Å²) in [6, 6.07) is 2.55. The number of carboxylic acids is 1. The van der Waals surface area contributed by atoms with Crippen LogP contribution in [0.5, 0.6) is 0 Å². The second kappa shape index (κ2) is 3.77. The topological polar surface area (TPSA) is 54.4 Å². The van der Waals surface area contributed by atoms with Crippen LogP contribution < -0.4 is 0 Å². The van der Waals surface area contributed by atoms with Crippen LogP contribution in [0.4, 0.5) is 0 Å². The summed E-state index contributed by atoms with van der Waals surface area (Å²) in [5.41, 5.74) is 0.0638. The molecule has 13 heavy (non-hydrogen) atoms. The van der Waals surface area contributed by atoms with Crippen molar-refractivity contribution in [2.45, 2.75) is 0 Å². The molecule has 0 spiro atoms. The van der Waals surface area contributed by atoms with Crippen molar-refractivity contribution in [2.24, 2.45) is 0 Å². The third kappa shape index (κ3) is 1.82. The van der Waals surface area contributed by atoms with Gasteiger partial charge in [-0.1, -0.05) is 23.2 Å². The Kier molecular flexibility index (Phi) is 2.90. The Bertz CT molecular complexity index is 374. The molecule has 3 nitrogen and oxygen atoms in total. The van der Waals surface area contributed by atoms with Gasteiger partial charge >= 0.3 is 5.97 Å². The van der Waals surface area contributed by atoms with E-state index >= 15 is 0 Å². The summed E-state index contributed by atoms with van der Waals surface area (Å²) < 4.78 is 0. The molecule has 0 atom stereocenters. The van der Waals surface area contributed by atoms with Gasteiger partial charge in [-0.2, -0.15) is 0 Å². The molecule has 0 aliphatic carbocycles. The SMILES string of the molecule is O=Cc1ccc(C(=O)O)c(Cl)c1Cl. The van der Waals surface area contributed by atoms with E-state index in [4.69, 9.17) is 28.3 Å². The van der Waals surface area contributed by atoms with E-state index < -0.39 is 5.97 Å². The van der Waals surface area contributed by atoms with Gasteiger partial charge in [-0.25, -0.2) is 4.79 Å². The van der Waals surface area contributed by atoms with Crippen LogP contribution in [0.25, 0.3) is 0 Å². The largest absolute Gasteiger partial charge is 0.478 e. The monoisotopic (exact) mass is 218 g/mol. The minimum absolute atomic E-state index is 0.0310. The van der Waals surface area contributed by atoms with Crippen LogP contribution in [-0.2, 0) is 0 Å². The Morgan fingerprint density at radius 3 is 2.38 bits per heavy atom. The maximum atomic E-state index is 10.5. The summed E-state index contributed by atoms with van der Waals surface area (Å²) in [6.07, 6.45) is 0.514. The number of hydrogen-bond acceptors (Lipinski definition) is 2. The van der Waals surface area contributed by atoms with E-state index in [0.29, 0.717) is 6.29 Å². The normalized spacial score (nSPS) is 9.69. The van der Waals surface area contributed by atoms with Gasteiger partial charge in [-0.3, -0.25) is 4.79 Å². The molecule has 0 amide bonds. The fourth-order valence-corrected chi connectivity index (χ4v) is 1.28. The maximum absolute atomic E-state index is 10.5. The smallest absolute Gasteiger partial charge is 0.337 e. The van der Waals surface area contributed by atoms with E-state index in [1.165, 1.54) is 12.1 Å². The second-order valence-electron chi connectivity index (χ2n) is 2.25. The molecule has 0 aliphatic heterocycles. The van der Waals surface area contributed by atoms with E-state index in [0.717, 1.165) is 0 Å². The van der Waals surface area contributed by atoms with Crippen molar-refractivity contribution < 1.29 is 14.7 Å². The first-order valence-corrected chi connectivity index (χ1v) is 4.00. The lowest BCUT2D eigenvalue weighted by Crippen LogP contribution is -1.98. The lowest BCUT2D eigenvalue weighted by Gasteiger charge is -2.02. The van der Waals surface area contributed by atoms with Crippen LogP contribution in [0.15, 0.2) is 12.1 Å². The first-order chi connectivity index (χ1) is 6.07. The Hall–Kier alpha value is -1.06. The third-order valence-electron chi connectivity index (χ3n) is 1.47. The quantitative estimate of drug-likeness (QED) is 0.777. The number of hydrogen-bond donors (Lipinski definition) is 1. The van der Waals surface area contributed by atoms with Gasteiger partial charge < -0.3 is 5.11 Å². The molecule has 1 rings (SSSR count). The molecule has 0 unspecified atom stereocenters. The summed E-state index contributed by atoms with van der Waals surface area (Å²) in [5.74, 6) is -1.18. The Morgan fingerprint density at radius 2 is 1.92 bits per heavy atom. The molecular weight excluding hydrogens is 215 g/mol. The lowest BCUT2D eigenvalue weighted by atomic mass is 10.1. The molecule has 1 aromatic rings. The molecular formula is C8H4Cl2O3. The van der Waals surface area contributed by atoms with Crippen LogP contribution in [0.3, 0.4) is 0 Å². The summed E-state index contributed by atoms with van der Waals surface area (Å²) in [6.45, 7) is 0.